The molecule has 0 saturated heterocycles. The van der Waals surface area contributed by atoms with E-state index in [2.05, 4.69) is 13.0 Å². The quantitative estimate of drug-likeness (QED) is 0.735. The van der Waals surface area contributed by atoms with Crippen LogP contribution in [0.25, 0.3) is 0 Å². The van der Waals surface area contributed by atoms with Crippen LogP contribution in [0.4, 0.5) is 4.39 Å². The first kappa shape index (κ1) is 17.8. The number of aliphatic hydroxyl groups excluding tert-OH is 1. The van der Waals surface area contributed by atoms with Gasteiger partial charge in [-0.3, -0.25) is 0 Å². The molecule has 0 radical (unpaired) electrons. The van der Waals surface area contributed by atoms with Crippen LogP contribution in [0.3, 0.4) is 0 Å². The Kier molecular flexibility index (Phi) is 4.77. The van der Waals surface area contributed by atoms with Gasteiger partial charge in [-0.25, -0.2) is 4.39 Å². The fourth-order valence-corrected chi connectivity index (χ4v) is 4.79. The van der Waals surface area contributed by atoms with Gasteiger partial charge in [0.2, 0.25) is 0 Å². The number of aliphatic hydroxyl groups is 1. The van der Waals surface area contributed by atoms with E-state index in [0.29, 0.717) is 29.3 Å². The third-order valence-corrected chi connectivity index (χ3v) is 6.33. The second-order valence-corrected chi connectivity index (χ2v) is 7.93. The van der Waals surface area contributed by atoms with Crippen LogP contribution in [-0.2, 0) is 12.8 Å². The third kappa shape index (κ3) is 3.64. The van der Waals surface area contributed by atoms with Crippen molar-refractivity contribution < 1.29 is 14.6 Å². The fourth-order valence-electron chi connectivity index (χ4n) is 4.79. The van der Waals surface area contributed by atoms with Crippen LogP contribution >= 0.6 is 0 Å². The molecule has 2 aromatic rings. The van der Waals surface area contributed by atoms with E-state index in [1.807, 2.05) is 36.4 Å². The Balaban J connectivity index is 1.67. The van der Waals surface area contributed by atoms with Gasteiger partial charge in [0.05, 0.1) is 0 Å². The molecule has 0 heterocycles. The lowest BCUT2D eigenvalue weighted by molar-refractivity contribution is 0.217. The highest BCUT2D eigenvalue weighted by molar-refractivity contribution is 5.41. The molecule has 2 N–H and O–H groups in total. The van der Waals surface area contributed by atoms with E-state index in [9.17, 15) is 14.6 Å². The van der Waals surface area contributed by atoms with Gasteiger partial charge in [0.15, 0.2) is 0 Å². The van der Waals surface area contributed by atoms with Crippen molar-refractivity contribution in [3.63, 3.8) is 0 Å². The van der Waals surface area contributed by atoms with E-state index in [4.69, 9.17) is 0 Å². The van der Waals surface area contributed by atoms with Gasteiger partial charge in [0.25, 0.3) is 0 Å². The summed E-state index contributed by atoms with van der Waals surface area (Å²) in [7, 11) is 0. The highest BCUT2D eigenvalue weighted by Crippen LogP contribution is 2.46. The minimum absolute atomic E-state index is 0.217. The van der Waals surface area contributed by atoms with Crippen LogP contribution in [0, 0.1) is 23.6 Å². The minimum atomic E-state index is -0.217. The van der Waals surface area contributed by atoms with Crippen LogP contribution in [-0.4, -0.2) is 10.2 Å². The monoisotopic (exact) mass is 364 g/mol. The van der Waals surface area contributed by atoms with Crippen molar-refractivity contribution in [2.24, 2.45) is 17.8 Å². The first-order valence-electron chi connectivity index (χ1n) is 9.65. The number of aromatic hydroxyl groups is 1. The summed E-state index contributed by atoms with van der Waals surface area (Å²) in [6.45, 7) is 2.29. The predicted molar refractivity (Wildman–Crippen MR) is 105 cm³/mol. The van der Waals surface area contributed by atoms with Crippen molar-refractivity contribution >= 4 is 0 Å². The Morgan fingerprint density at radius 2 is 1.85 bits per heavy atom. The molecule has 1 unspecified atom stereocenters. The smallest absolute Gasteiger partial charge is 0.123 e. The molecule has 4 atom stereocenters. The summed E-state index contributed by atoms with van der Waals surface area (Å²) < 4.78 is 13.3. The number of hydrogen-bond donors (Lipinski definition) is 2. The zero-order valence-electron chi connectivity index (χ0n) is 15.5. The molecule has 3 heteroatoms. The van der Waals surface area contributed by atoms with Crippen molar-refractivity contribution in [3.05, 3.63) is 89.0 Å². The maximum atomic E-state index is 13.3. The van der Waals surface area contributed by atoms with Crippen molar-refractivity contribution in [1.29, 1.82) is 0 Å². The van der Waals surface area contributed by atoms with E-state index >= 15 is 0 Å². The van der Waals surface area contributed by atoms with Crippen LogP contribution in [0.2, 0.25) is 0 Å². The summed E-state index contributed by atoms with van der Waals surface area (Å²) in [5.74, 6) is 1.97. The van der Waals surface area contributed by atoms with Crippen LogP contribution < -0.4 is 0 Å². The maximum absolute atomic E-state index is 13.3. The number of allylic oxidation sites excluding steroid dienone is 3. The molecule has 2 aromatic carbocycles. The Bertz CT molecular complexity index is 882. The molecule has 140 valence electrons. The number of phenols is 1. The Hall–Kier alpha value is -2.55. The molecule has 2 aliphatic rings. The molecular formula is C24H25FO2. The second-order valence-electron chi connectivity index (χ2n) is 7.93. The molecule has 0 fully saturated rings. The van der Waals surface area contributed by atoms with Crippen LogP contribution in [0.5, 0.6) is 5.75 Å². The fraction of sp³-hybridized carbons (Fsp3) is 0.333. The van der Waals surface area contributed by atoms with Gasteiger partial charge < -0.3 is 10.2 Å². The van der Waals surface area contributed by atoms with E-state index in [0.717, 1.165) is 24.8 Å². The van der Waals surface area contributed by atoms with Gasteiger partial charge in [0, 0.05) is 0 Å². The van der Waals surface area contributed by atoms with Crippen LogP contribution in [0.1, 0.15) is 36.0 Å². The Morgan fingerprint density at radius 3 is 2.56 bits per heavy atom. The van der Waals surface area contributed by atoms with E-state index < -0.39 is 0 Å². The number of hydrogen-bond acceptors (Lipinski definition) is 2. The predicted octanol–water partition coefficient (Wildman–Crippen LogP) is 5.68. The minimum Gasteiger partial charge on any atom is -0.508 e. The topological polar surface area (TPSA) is 40.5 Å². The average Bonchev–Trinajstić information content (AvgIpc) is 2.66. The number of phenolic OH excluding ortho intramolecular Hbond substituents is 1. The SMILES string of the molecule is C[C@H]1[C@@H](Cc2ccc(F)cc2)c2cc(O)ccc2C[C@H]1C1C=CC(O)=CC1. The lowest BCUT2D eigenvalue weighted by Crippen LogP contribution is -2.33. The molecule has 27 heavy (non-hydrogen) atoms. The van der Waals surface area contributed by atoms with Gasteiger partial charge >= 0.3 is 0 Å². The van der Waals surface area contributed by atoms with Crippen molar-refractivity contribution in [3.8, 4) is 5.75 Å². The first-order chi connectivity index (χ1) is 13.0. The molecule has 2 aliphatic carbocycles. The lowest BCUT2D eigenvalue weighted by atomic mass is 9.63. The molecule has 4 rings (SSSR count). The summed E-state index contributed by atoms with van der Waals surface area (Å²) in [5.41, 5.74) is 3.61. The molecule has 0 amide bonds. The number of fused-ring (bicyclic) bond motifs is 1. The van der Waals surface area contributed by atoms with Crippen molar-refractivity contribution in [1.82, 2.24) is 0 Å². The summed E-state index contributed by atoms with van der Waals surface area (Å²) in [6.07, 6.45) is 8.50. The second kappa shape index (κ2) is 7.22. The summed E-state index contributed by atoms with van der Waals surface area (Å²) in [6, 6.07) is 12.5. The zero-order chi connectivity index (χ0) is 19.0. The largest absolute Gasteiger partial charge is 0.508 e. The zero-order valence-corrected chi connectivity index (χ0v) is 15.5. The summed E-state index contributed by atoms with van der Waals surface area (Å²) >= 11 is 0. The number of rotatable bonds is 3. The van der Waals surface area contributed by atoms with Gasteiger partial charge in [0.1, 0.15) is 17.3 Å². The maximum Gasteiger partial charge on any atom is 0.123 e. The highest BCUT2D eigenvalue weighted by atomic mass is 19.1. The van der Waals surface area contributed by atoms with Crippen LogP contribution in [0.15, 0.2) is 66.5 Å². The molecule has 2 nitrogen and oxygen atoms in total. The van der Waals surface area contributed by atoms with Crippen molar-refractivity contribution in [2.75, 3.05) is 0 Å². The van der Waals surface area contributed by atoms with Gasteiger partial charge in [-0.15, -0.1) is 0 Å². The summed E-state index contributed by atoms with van der Waals surface area (Å²) in [4.78, 5) is 0. The molecule has 0 aliphatic heterocycles. The first-order valence-corrected chi connectivity index (χ1v) is 9.65. The normalized spacial score (nSPS) is 27.1. The number of benzene rings is 2. The Labute approximate surface area is 159 Å². The standard InChI is InChI=1S/C24H25FO2/c1-15-22(17-4-9-20(26)10-5-17)13-18-6-11-21(27)14-24(18)23(15)12-16-2-7-19(25)8-3-16/h2-4,6-11,14-15,17,22-23,26-27H,5,12-13H2,1H3/t15-,17?,22-,23-/m1/s1. The van der Waals surface area contributed by atoms with Gasteiger partial charge in [-0.1, -0.05) is 31.2 Å². The van der Waals surface area contributed by atoms with Crippen molar-refractivity contribution in [2.45, 2.75) is 32.1 Å². The molecule has 0 spiro atoms. The lowest BCUT2D eigenvalue weighted by Gasteiger charge is -2.41. The van der Waals surface area contributed by atoms with E-state index in [1.54, 1.807) is 6.07 Å². The molecule has 0 aromatic heterocycles. The molecule has 0 bridgehead atoms. The molecular weight excluding hydrogens is 339 g/mol. The highest BCUT2D eigenvalue weighted by Gasteiger charge is 2.37. The molecule has 0 saturated carbocycles. The van der Waals surface area contributed by atoms with Gasteiger partial charge in [-0.05, 0) is 96.0 Å². The number of halogens is 1. The third-order valence-electron chi connectivity index (χ3n) is 6.33. The average molecular weight is 364 g/mol. The van der Waals surface area contributed by atoms with E-state index in [-0.39, 0.29) is 11.7 Å². The summed E-state index contributed by atoms with van der Waals surface area (Å²) in [5, 5.41) is 19.7. The van der Waals surface area contributed by atoms with Gasteiger partial charge in [-0.2, -0.15) is 0 Å². The van der Waals surface area contributed by atoms with E-state index in [1.165, 1.54) is 23.3 Å². The Morgan fingerprint density at radius 1 is 1.07 bits per heavy atom.